The normalized spacial score (nSPS) is 11.7. The van der Waals surface area contributed by atoms with Gasteiger partial charge in [0.1, 0.15) is 6.04 Å². The molecule has 0 aliphatic heterocycles. The summed E-state index contributed by atoms with van der Waals surface area (Å²) in [7, 11) is 0. The first-order valence-electron chi connectivity index (χ1n) is 10.2. The van der Waals surface area contributed by atoms with E-state index in [1.165, 1.54) is 0 Å². The monoisotopic (exact) mass is 467 g/mol. The summed E-state index contributed by atoms with van der Waals surface area (Å²) in [6, 6.07) is 13.6. The molecule has 0 unspecified atom stereocenters. The van der Waals surface area contributed by atoms with Crippen LogP contribution in [0.3, 0.4) is 0 Å². The second kappa shape index (κ2) is 14.4. The molecule has 0 bridgehead atoms. The third-order valence-electron chi connectivity index (χ3n) is 4.76. The molecule has 0 aliphatic rings. The van der Waals surface area contributed by atoms with Crippen LogP contribution in [0.2, 0.25) is 0 Å². The predicted molar refractivity (Wildman–Crippen MR) is 115 cm³/mol. The summed E-state index contributed by atoms with van der Waals surface area (Å²) in [6.45, 7) is 5.03. The van der Waals surface area contributed by atoms with Crippen LogP contribution in [0.4, 0.5) is 0 Å². The molecule has 0 saturated heterocycles. The number of rotatable bonds is 11. The molecule has 152 valence electrons. The molecule has 0 spiro atoms. The first kappa shape index (κ1) is 26.4. The molecule has 2 amide bonds. The molecule has 0 fully saturated rings. The summed E-state index contributed by atoms with van der Waals surface area (Å²) in [5.41, 5.74) is 8.23. The van der Waals surface area contributed by atoms with E-state index in [1.807, 2.05) is 30.3 Å². The molecule has 0 aromatic heterocycles. The van der Waals surface area contributed by atoms with E-state index in [2.05, 4.69) is 36.6 Å². The average Bonchev–Trinajstić information content (AvgIpc) is 2.67. The smallest absolute Gasteiger partial charge is 0.677 e. The second-order valence-corrected chi connectivity index (χ2v) is 7.69. The Labute approximate surface area is 223 Å². The van der Waals surface area contributed by atoms with E-state index in [-0.39, 0.29) is 83.0 Å². The van der Waals surface area contributed by atoms with Crippen LogP contribution in [-0.2, 0) is 16.0 Å². The van der Waals surface area contributed by atoms with Crippen molar-refractivity contribution in [1.82, 2.24) is 10.6 Å². The SMILES string of the molecule is CC(C)CCCCNC(=O)[C@@H](Cc1ccc2ccccc2c1)NC(=O)CC[NH-].[Rb+]. The largest absolute Gasteiger partial charge is 1.00 e. The van der Waals surface area contributed by atoms with Gasteiger partial charge in [0.05, 0.1) is 0 Å². The minimum Gasteiger partial charge on any atom is -0.677 e. The van der Waals surface area contributed by atoms with Gasteiger partial charge in [-0.1, -0.05) is 69.2 Å². The van der Waals surface area contributed by atoms with Gasteiger partial charge in [-0.2, -0.15) is 0 Å². The number of hydrogen-bond donors (Lipinski definition) is 2. The van der Waals surface area contributed by atoms with Crippen molar-refractivity contribution >= 4 is 22.6 Å². The number of fused-ring (bicyclic) bond motifs is 1. The third-order valence-corrected chi connectivity index (χ3v) is 4.76. The zero-order valence-corrected chi connectivity index (χ0v) is 22.9. The molecule has 6 heteroatoms. The Morgan fingerprint density at radius 1 is 1.03 bits per heavy atom. The third kappa shape index (κ3) is 9.84. The van der Waals surface area contributed by atoms with E-state index >= 15 is 0 Å². The molecule has 0 aliphatic carbocycles. The van der Waals surface area contributed by atoms with Crippen molar-refractivity contribution in [2.75, 3.05) is 13.1 Å². The second-order valence-electron chi connectivity index (χ2n) is 7.69. The number of nitrogens with one attached hydrogen (secondary N) is 3. The Morgan fingerprint density at radius 3 is 2.45 bits per heavy atom. The number of carbonyl (C=O) groups excluding carboxylic acids is 2. The Bertz CT molecular complexity index is 780. The summed E-state index contributed by atoms with van der Waals surface area (Å²) < 4.78 is 0. The Kier molecular flexibility index (Phi) is 13.1. The fraction of sp³-hybridized carbons (Fsp3) is 0.478. The fourth-order valence-electron chi connectivity index (χ4n) is 3.20. The van der Waals surface area contributed by atoms with E-state index in [1.54, 1.807) is 0 Å². The number of hydrogen-bond acceptors (Lipinski definition) is 2. The summed E-state index contributed by atoms with van der Waals surface area (Å²) in [5.74, 6) is 0.257. The van der Waals surface area contributed by atoms with Crippen LogP contribution < -0.4 is 68.8 Å². The van der Waals surface area contributed by atoms with Crippen molar-refractivity contribution in [3.05, 3.63) is 53.8 Å². The van der Waals surface area contributed by atoms with Gasteiger partial charge in [-0.05, 0) is 28.7 Å². The average molecular weight is 468 g/mol. The van der Waals surface area contributed by atoms with Crippen LogP contribution in [0.25, 0.3) is 16.5 Å². The standard InChI is InChI=1S/C23H32N3O2.Rb/c1-17(2)7-5-6-14-25-23(28)21(26-22(27)12-13-24)16-18-10-11-19-8-3-4-9-20(19)15-18;/h3-4,8-11,15,17,21,24H,5-7,12-14,16H2,1-2H3,(H,25,28)(H,26,27);/q-1;+1/t21-;/m1./s1. The summed E-state index contributed by atoms with van der Waals surface area (Å²) in [5, 5.41) is 8.03. The zero-order valence-electron chi connectivity index (χ0n) is 18.0. The van der Waals surface area contributed by atoms with Crippen LogP contribution in [0.5, 0.6) is 0 Å². The molecule has 2 rings (SSSR count). The molecule has 29 heavy (non-hydrogen) atoms. The molecule has 0 saturated carbocycles. The topological polar surface area (TPSA) is 82.0 Å². The van der Waals surface area contributed by atoms with Crippen molar-refractivity contribution in [2.45, 2.75) is 52.0 Å². The van der Waals surface area contributed by atoms with Crippen LogP contribution >= 0.6 is 0 Å². The van der Waals surface area contributed by atoms with Gasteiger partial charge in [-0.15, -0.1) is 6.54 Å². The van der Waals surface area contributed by atoms with Crippen LogP contribution in [0.15, 0.2) is 42.5 Å². The van der Waals surface area contributed by atoms with Gasteiger partial charge in [-0.25, -0.2) is 0 Å². The van der Waals surface area contributed by atoms with Gasteiger partial charge in [0, 0.05) is 19.4 Å². The minimum atomic E-state index is -0.620. The summed E-state index contributed by atoms with van der Waals surface area (Å²) >= 11 is 0. The van der Waals surface area contributed by atoms with E-state index in [9.17, 15) is 9.59 Å². The van der Waals surface area contributed by atoms with Crippen molar-refractivity contribution in [1.29, 1.82) is 0 Å². The molecule has 5 nitrogen and oxygen atoms in total. The zero-order chi connectivity index (χ0) is 20.4. The van der Waals surface area contributed by atoms with Gasteiger partial charge < -0.3 is 16.4 Å². The molecule has 2 aromatic rings. The van der Waals surface area contributed by atoms with Crippen molar-refractivity contribution in [3.63, 3.8) is 0 Å². The number of carbonyl (C=O) groups is 2. The summed E-state index contributed by atoms with van der Waals surface area (Å²) in [6.07, 6.45) is 3.71. The van der Waals surface area contributed by atoms with Crippen molar-refractivity contribution in [2.24, 2.45) is 5.92 Å². The van der Waals surface area contributed by atoms with E-state index in [0.29, 0.717) is 18.9 Å². The maximum atomic E-state index is 12.7. The maximum Gasteiger partial charge on any atom is 1.00 e. The quantitative estimate of drug-likeness (QED) is 0.488. The molecular formula is C23H32N3O2Rb. The molecule has 0 radical (unpaired) electrons. The minimum absolute atomic E-state index is 0. The molecule has 0 heterocycles. The van der Waals surface area contributed by atoms with E-state index in [4.69, 9.17) is 5.73 Å². The number of unbranched alkanes of at least 4 members (excludes halogenated alkanes) is 1. The van der Waals surface area contributed by atoms with E-state index in [0.717, 1.165) is 35.6 Å². The van der Waals surface area contributed by atoms with E-state index < -0.39 is 6.04 Å². The van der Waals surface area contributed by atoms with Gasteiger partial charge in [0.15, 0.2) is 0 Å². The van der Waals surface area contributed by atoms with Crippen LogP contribution in [-0.4, -0.2) is 30.9 Å². The number of benzene rings is 2. The predicted octanol–water partition coefficient (Wildman–Crippen LogP) is 1.26. The van der Waals surface area contributed by atoms with Gasteiger partial charge in [-0.3, -0.25) is 9.59 Å². The van der Waals surface area contributed by atoms with Crippen molar-refractivity contribution in [3.8, 4) is 0 Å². The number of amides is 2. The van der Waals surface area contributed by atoms with Gasteiger partial charge in [0.25, 0.3) is 0 Å². The Hall–Kier alpha value is -0.595. The summed E-state index contributed by atoms with van der Waals surface area (Å²) in [4.78, 5) is 24.7. The van der Waals surface area contributed by atoms with Crippen LogP contribution in [0, 0.1) is 5.92 Å². The Balaban J connectivity index is 0.00000420. The molecule has 2 aromatic carbocycles. The molecule has 1 atom stereocenters. The molecular weight excluding hydrogens is 436 g/mol. The maximum absolute atomic E-state index is 12.7. The first-order valence-corrected chi connectivity index (χ1v) is 10.2. The molecule has 3 N–H and O–H groups in total. The Morgan fingerprint density at radius 2 is 1.76 bits per heavy atom. The van der Waals surface area contributed by atoms with Crippen LogP contribution in [0.1, 0.15) is 45.1 Å². The van der Waals surface area contributed by atoms with Gasteiger partial charge >= 0.3 is 58.2 Å². The first-order chi connectivity index (χ1) is 13.5. The fourth-order valence-corrected chi connectivity index (χ4v) is 3.20. The van der Waals surface area contributed by atoms with Gasteiger partial charge in [0.2, 0.25) is 11.8 Å². The van der Waals surface area contributed by atoms with Crippen molar-refractivity contribution < 1.29 is 67.8 Å².